The van der Waals surface area contributed by atoms with Gasteiger partial charge in [0.1, 0.15) is 0 Å². The van der Waals surface area contributed by atoms with Gasteiger partial charge in [-0.25, -0.2) is 0 Å². The fraction of sp³-hybridized carbons (Fsp3) is 0.588. The average molecular weight is 298 g/mol. The molecule has 0 aliphatic carbocycles. The molecule has 2 nitrogen and oxygen atoms in total. The highest BCUT2D eigenvalue weighted by atomic mass is 35.5. The average Bonchev–Trinajstić information content (AvgIpc) is 2.42. The summed E-state index contributed by atoms with van der Waals surface area (Å²) in [6, 6.07) is 7.67. The minimum Gasteiger partial charge on any atom is -0.366 e. The highest BCUT2D eigenvalue weighted by molar-refractivity contribution is 5.92. The van der Waals surface area contributed by atoms with Gasteiger partial charge in [-0.2, -0.15) is 0 Å². The number of carbonyl (C=O) groups is 1. The summed E-state index contributed by atoms with van der Waals surface area (Å²) in [5, 5.41) is 0. The number of aryl methyl sites for hydroxylation is 1. The Morgan fingerprint density at radius 1 is 0.900 bits per heavy atom. The van der Waals surface area contributed by atoms with Crippen LogP contribution in [0.4, 0.5) is 0 Å². The Balaban J connectivity index is 0.00000361. The van der Waals surface area contributed by atoms with Gasteiger partial charge in [-0.1, -0.05) is 64.0 Å². The molecule has 0 aromatic heterocycles. The molecule has 0 saturated heterocycles. The van der Waals surface area contributed by atoms with Crippen LogP contribution < -0.4 is 5.73 Å². The number of hydrogen-bond donors (Lipinski definition) is 1. The molecule has 0 spiro atoms. The highest BCUT2D eigenvalue weighted by Gasteiger charge is 1.99. The van der Waals surface area contributed by atoms with Gasteiger partial charge in [-0.3, -0.25) is 4.79 Å². The molecule has 1 aromatic carbocycles. The van der Waals surface area contributed by atoms with Crippen LogP contribution in [0, 0.1) is 0 Å². The topological polar surface area (TPSA) is 43.1 Å². The Bertz CT molecular complexity index is 362. The number of benzene rings is 1. The molecule has 0 aliphatic heterocycles. The Morgan fingerprint density at radius 3 is 1.90 bits per heavy atom. The first kappa shape index (κ1) is 19.0. The van der Waals surface area contributed by atoms with Gasteiger partial charge < -0.3 is 5.73 Å². The van der Waals surface area contributed by atoms with Crippen molar-refractivity contribution in [1.82, 2.24) is 0 Å². The molecular weight excluding hydrogens is 270 g/mol. The summed E-state index contributed by atoms with van der Waals surface area (Å²) < 4.78 is 0. The zero-order valence-corrected chi connectivity index (χ0v) is 13.4. The van der Waals surface area contributed by atoms with E-state index in [1.165, 1.54) is 56.9 Å². The second-order valence-corrected chi connectivity index (χ2v) is 5.29. The number of halogens is 1. The van der Waals surface area contributed by atoms with Crippen molar-refractivity contribution < 1.29 is 4.79 Å². The zero-order chi connectivity index (χ0) is 13.9. The third kappa shape index (κ3) is 8.21. The van der Waals surface area contributed by atoms with Crippen molar-refractivity contribution in [2.75, 3.05) is 0 Å². The number of primary amides is 1. The molecule has 1 rings (SSSR count). The quantitative estimate of drug-likeness (QED) is 0.614. The van der Waals surface area contributed by atoms with Crippen LogP contribution in [0.25, 0.3) is 0 Å². The Kier molecular flexibility index (Phi) is 11.2. The molecule has 20 heavy (non-hydrogen) atoms. The maximum absolute atomic E-state index is 10.9. The predicted molar refractivity (Wildman–Crippen MR) is 88.5 cm³/mol. The van der Waals surface area contributed by atoms with Crippen LogP contribution in [-0.4, -0.2) is 5.91 Å². The van der Waals surface area contributed by atoms with E-state index in [9.17, 15) is 4.79 Å². The summed E-state index contributed by atoms with van der Waals surface area (Å²) in [7, 11) is 0. The summed E-state index contributed by atoms with van der Waals surface area (Å²) in [5.74, 6) is -0.348. The van der Waals surface area contributed by atoms with Crippen LogP contribution in [0.15, 0.2) is 24.3 Å². The fourth-order valence-electron chi connectivity index (χ4n) is 2.30. The first-order chi connectivity index (χ1) is 9.24. The maximum atomic E-state index is 10.9. The minimum absolute atomic E-state index is 0. The van der Waals surface area contributed by atoms with E-state index in [0.29, 0.717) is 5.56 Å². The normalized spacial score (nSPS) is 10.1. The third-order valence-corrected chi connectivity index (χ3v) is 3.56. The van der Waals surface area contributed by atoms with Gasteiger partial charge in [0, 0.05) is 5.56 Å². The molecule has 1 amide bonds. The predicted octanol–water partition coefficient (Wildman–Crippen LogP) is 4.89. The molecule has 2 N–H and O–H groups in total. The first-order valence-corrected chi connectivity index (χ1v) is 7.62. The molecule has 1 aromatic rings. The van der Waals surface area contributed by atoms with E-state index < -0.39 is 0 Å². The van der Waals surface area contributed by atoms with Crippen LogP contribution in [-0.2, 0) is 6.42 Å². The van der Waals surface area contributed by atoms with Gasteiger partial charge >= 0.3 is 0 Å². The smallest absolute Gasteiger partial charge is 0.248 e. The van der Waals surface area contributed by atoms with E-state index in [4.69, 9.17) is 5.73 Å². The largest absolute Gasteiger partial charge is 0.366 e. The van der Waals surface area contributed by atoms with E-state index in [-0.39, 0.29) is 18.3 Å². The Hall–Kier alpha value is -1.02. The second kappa shape index (κ2) is 11.8. The maximum Gasteiger partial charge on any atom is 0.248 e. The van der Waals surface area contributed by atoms with E-state index in [1.807, 2.05) is 24.3 Å². The molecule has 0 fully saturated rings. The van der Waals surface area contributed by atoms with Crippen molar-refractivity contribution >= 4 is 18.3 Å². The van der Waals surface area contributed by atoms with Crippen molar-refractivity contribution in [3.63, 3.8) is 0 Å². The summed E-state index contributed by atoms with van der Waals surface area (Å²) >= 11 is 0. The lowest BCUT2D eigenvalue weighted by atomic mass is 10.0. The molecule has 0 heterocycles. The standard InChI is InChI=1S/C17H27NO.ClH/c1-2-3-4-5-6-7-8-9-10-15-11-13-16(14-12-15)17(18)19;/h11-14H,2-10H2,1H3,(H2,18,19);1H. The lowest BCUT2D eigenvalue weighted by Gasteiger charge is -2.03. The zero-order valence-electron chi connectivity index (χ0n) is 12.6. The Labute approximate surface area is 129 Å². The van der Waals surface area contributed by atoms with Crippen molar-refractivity contribution in [2.24, 2.45) is 5.73 Å². The van der Waals surface area contributed by atoms with E-state index in [2.05, 4.69) is 6.92 Å². The van der Waals surface area contributed by atoms with E-state index in [1.54, 1.807) is 0 Å². The molecule has 0 aliphatic rings. The van der Waals surface area contributed by atoms with Crippen molar-refractivity contribution in [3.8, 4) is 0 Å². The SMILES string of the molecule is CCCCCCCCCCc1ccc(C(N)=O)cc1.Cl. The lowest BCUT2D eigenvalue weighted by Crippen LogP contribution is -2.10. The summed E-state index contributed by atoms with van der Waals surface area (Å²) in [5.41, 5.74) is 7.11. The highest BCUT2D eigenvalue weighted by Crippen LogP contribution is 2.12. The molecule has 0 unspecified atom stereocenters. The molecular formula is C17H28ClNO. The van der Waals surface area contributed by atoms with Gasteiger partial charge in [0.15, 0.2) is 0 Å². The van der Waals surface area contributed by atoms with Crippen LogP contribution in [0.3, 0.4) is 0 Å². The lowest BCUT2D eigenvalue weighted by molar-refractivity contribution is 0.100. The minimum atomic E-state index is -0.348. The molecule has 0 radical (unpaired) electrons. The third-order valence-electron chi connectivity index (χ3n) is 3.56. The molecule has 114 valence electrons. The molecule has 3 heteroatoms. The second-order valence-electron chi connectivity index (χ2n) is 5.29. The van der Waals surface area contributed by atoms with Crippen LogP contribution in [0.5, 0.6) is 0 Å². The van der Waals surface area contributed by atoms with Crippen LogP contribution in [0.2, 0.25) is 0 Å². The van der Waals surface area contributed by atoms with Crippen LogP contribution in [0.1, 0.15) is 74.2 Å². The van der Waals surface area contributed by atoms with Gasteiger partial charge in [0.25, 0.3) is 0 Å². The number of rotatable bonds is 10. The summed E-state index contributed by atoms with van der Waals surface area (Å²) in [6.45, 7) is 2.25. The van der Waals surface area contributed by atoms with E-state index >= 15 is 0 Å². The Morgan fingerprint density at radius 2 is 1.40 bits per heavy atom. The van der Waals surface area contributed by atoms with Crippen molar-refractivity contribution in [2.45, 2.75) is 64.7 Å². The van der Waals surface area contributed by atoms with Gasteiger partial charge in [-0.15, -0.1) is 12.4 Å². The van der Waals surface area contributed by atoms with Crippen LogP contribution >= 0.6 is 12.4 Å². The number of nitrogens with two attached hydrogens (primary N) is 1. The van der Waals surface area contributed by atoms with Crippen molar-refractivity contribution in [3.05, 3.63) is 35.4 Å². The van der Waals surface area contributed by atoms with E-state index in [0.717, 1.165) is 6.42 Å². The summed E-state index contributed by atoms with van der Waals surface area (Å²) in [6.07, 6.45) is 11.9. The molecule has 0 saturated carbocycles. The number of carbonyl (C=O) groups excluding carboxylic acids is 1. The molecule has 0 bridgehead atoms. The summed E-state index contributed by atoms with van der Waals surface area (Å²) in [4.78, 5) is 10.9. The number of unbranched alkanes of at least 4 members (excludes halogenated alkanes) is 7. The molecule has 0 atom stereocenters. The number of amides is 1. The monoisotopic (exact) mass is 297 g/mol. The van der Waals surface area contributed by atoms with Gasteiger partial charge in [-0.05, 0) is 30.5 Å². The van der Waals surface area contributed by atoms with Gasteiger partial charge in [0.05, 0.1) is 0 Å². The van der Waals surface area contributed by atoms with Gasteiger partial charge in [0.2, 0.25) is 5.91 Å². The fourth-order valence-corrected chi connectivity index (χ4v) is 2.30. The first-order valence-electron chi connectivity index (χ1n) is 7.62. The van der Waals surface area contributed by atoms with Crippen molar-refractivity contribution in [1.29, 1.82) is 0 Å². The number of hydrogen-bond acceptors (Lipinski definition) is 1.